The molecule has 0 spiro atoms. The summed E-state index contributed by atoms with van der Waals surface area (Å²) in [6.45, 7) is 0. The molecule has 0 unspecified atom stereocenters. The van der Waals surface area contributed by atoms with Crippen molar-refractivity contribution >= 4 is 22.6 Å². The van der Waals surface area contributed by atoms with Crippen LogP contribution in [0.4, 0.5) is 18.9 Å². The number of amidine groups is 1. The van der Waals surface area contributed by atoms with Crippen molar-refractivity contribution in [3.05, 3.63) is 29.6 Å². The molecule has 0 saturated carbocycles. The predicted octanol–water partition coefficient (Wildman–Crippen LogP) is 2.53. The van der Waals surface area contributed by atoms with Crippen LogP contribution in [-0.2, 0) is 0 Å². The highest BCUT2D eigenvalue weighted by molar-refractivity contribution is 8.13. The molecule has 16 heavy (non-hydrogen) atoms. The van der Waals surface area contributed by atoms with E-state index in [1.807, 2.05) is 0 Å². The molecule has 7 heteroatoms. The van der Waals surface area contributed by atoms with Crippen LogP contribution in [0.15, 0.2) is 17.1 Å². The topological polar surface area (TPSA) is 48.2 Å². The minimum atomic E-state index is -1.12. The lowest BCUT2D eigenvalue weighted by molar-refractivity contribution is 0.546. The van der Waals surface area contributed by atoms with Crippen LogP contribution in [0.2, 0.25) is 0 Å². The quantitative estimate of drug-likeness (QED) is 0.358. The summed E-state index contributed by atoms with van der Waals surface area (Å²) in [5.74, 6) is -3.26. The average molecular weight is 245 g/mol. The monoisotopic (exact) mass is 245 g/mol. The van der Waals surface area contributed by atoms with Gasteiger partial charge in [0, 0.05) is 12.1 Å². The summed E-state index contributed by atoms with van der Waals surface area (Å²) in [5, 5.41) is 10.5. The van der Waals surface area contributed by atoms with Gasteiger partial charge in [-0.3, -0.25) is 5.32 Å². The van der Waals surface area contributed by atoms with Crippen LogP contribution in [0.5, 0.6) is 0 Å². The van der Waals surface area contributed by atoms with Crippen LogP contribution < -0.4 is 5.32 Å². The summed E-state index contributed by atoms with van der Waals surface area (Å²) in [4.78, 5) is 3.54. The van der Waals surface area contributed by atoms with Crippen LogP contribution in [0, 0.1) is 28.9 Å². The molecule has 0 saturated heterocycles. The molecule has 0 atom stereocenters. The normalized spacial score (nSPS) is 11.1. The first-order valence-corrected chi connectivity index (χ1v) is 5.23. The number of nitrogens with zero attached hydrogens (tertiary/aromatic N) is 2. The number of halogens is 3. The van der Waals surface area contributed by atoms with E-state index in [-0.39, 0.29) is 5.17 Å². The highest BCUT2D eigenvalue weighted by atomic mass is 32.2. The number of benzene rings is 1. The molecule has 1 aromatic carbocycles. The summed E-state index contributed by atoms with van der Waals surface area (Å²) in [5.41, 5.74) is -0.631. The van der Waals surface area contributed by atoms with Crippen LogP contribution >= 0.6 is 11.8 Å². The molecular weight excluding hydrogens is 239 g/mol. The van der Waals surface area contributed by atoms with Crippen molar-refractivity contribution in [3.63, 3.8) is 0 Å². The molecular formula is C9H6F3N3S. The van der Waals surface area contributed by atoms with Gasteiger partial charge in [0.2, 0.25) is 0 Å². The van der Waals surface area contributed by atoms with E-state index < -0.39 is 23.1 Å². The Morgan fingerprint density at radius 2 is 1.94 bits per heavy atom. The standard InChI is InChI=1S/C9H6F3N3S/c1-16-9(14-4-13)15-8-6(11)2-5(10)3-7(8)12/h2-3H,1H3,(H,14,15). The molecule has 1 rings (SSSR count). The van der Waals surface area contributed by atoms with Gasteiger partial charge >= 0.3 is 0 Å². The molecule has 0 aliphatic rings. The second-order valence-corrected chi connectivity index (χ2v) is 3.37. The van der Waals surface area contributed by atoms with Crippen molar-refractivity contribution in [1.82, 2.24) is 5.32 Å². The summed E-state index contributed by atoms with van der Waals surface area (Å²) in [6.07, 6.45) is 3.14. The first kappa shape index (κ1) is 12.4. The van der Waals surface area contributed by atoms with Gasteiger partial charge in [-0.05, 0) is 6.26 Å². The maximum absolute atomic E-state index is 13.1. The van der Waals surface area contributed by atoms with Gasteiger partial charge in [-0.1, -0.05) is 11.8 Å². The Labute approximate surface area is 94.0 Å². The zero-order chi connectivity index (χ0) is 12.1. The third-order valence-corrected chi connectivity index (χ3v) is 2.13. The van der Waals surface area contributed by atoms with E-state index in [0.29, 0.717) is 12.1 Å². The molecule has 84 valence electrons. The van der Waals surface area contributed by atoms with E-state index in [1.54, 1.807) is 12.4 Å². The minimum absolute atomic E-state index is 0.0203. The van der Waals surface area contributed by atoms with Crippen LogP contribution in [0.3, 0.4) is 0 Å². The average Bonchev–Trinajstić information content (AvgIpc) is 2.21. The summed E-state index contributed by atoms with van der Waals surface area (Å²) < 4.78 is 38.9. The molecule has 3 nitrogen and oxygen atoms in total. The summed E-state index contributed by atoms with van der Waals surface area (Å²) in [6, 6.07) is 1.04. The second kappa shape index (κ2) is 5.42. The third-order valence-electron chi connectivity index (χ3n) is 1.55. The lowest BCUT2D eigenvalue weighted by Gasteiger charge is -2.02. The fourth-order valence-electron chi connectivity index (χ4n) is 0.915. The van der Waals surface area contributed by atoms with E-state index in [9.17, 15) is 13.2 Å². The SMILES string of the molecule is CSC(=Nc1c(F)cc(F)cc1F)NC#N. The first-order chi connectivity index (χ1) is 7.58. The van der Waals surface area contributed by atoms with E-state index in [1.165, 1.54) is 0 Å². The Kier molecular flexibility index (Phi) is 4.19. The summed E-state index contributed by atoms with van der Waals surface area (Å²) in [7, 11) is 0. The highest BCUT2D eigenvalue weighted by Crippen LogP contribution is 2.24. The Hall–Kier alpha value is -1.68. The van der Waals surface area contributed by atoms with Crippen molar-refractivity contribution < 1.29 is 13.2 Å². The highest BCUT2D eigenvalue weighted by Gasteiger charge is 2.11. The van der Waals surface area contributed by atoms with E-state index in [2.05, 4.69) is 10.3 Å². The maximum atomic E-state index is 13.1. The lowest BCUT2D eigenvalue weighted by Crippen LogP contribution is -2.12. The van der Waals surface area contributed by atoms with Crippen LogP contribution in [-0.4, -0.2) is 11.4 Å². The molecule has 1 aromatic rings. The number of aliphatic imine (C=N–C) groups is 1. The largest absolute Gasteiger partial charge is 0.271 e. The van der Waals surface area contributed by atoms with Gasteiger partial charge in [-0.2, -0.15) is 5.26 Å². The van der Waals surface area contributed by atoms with Crippen molar-refractivity contribution in [2.45, 2.75) is 0 Å². The minimum Gasteiger partial charge on any atom is -0.271 e. The number of hydrogen-bond donors (Lipinski definition) is 1. The zero-order valence-corrected chi connectivity index (χ0v) is 8.91. The Bertz CT molecular complexity index is 445. The fourth-order valence-corrected chi connectivity index (χ4v) is 1.25. The van der Waals surface area contributed by atoms with Crippen LogP contribution in [0.25, 0.3) is 0 Å². The van der Waals surface area contributed by atoms with E-state index in [4.69, 9.17) is 5.26 Å². The molecule has 0 aliphatic carbocycles. The molecule has 0 amide bonds. The van der Waals surface area contributed by atoms with Gasteiger partial charge in [0.05, 0.1) is 0 Å². The molecule has 0 fully saturated rings. The molecule has 0 aromatic heterocycles. The molecule has 0 bridgehead atoms. The second-order valence-electron chi connectivity index (χ2n) is 2.58. The number of nitriles is 1. The van der Waals surface area contributed by atoms with E-state index >= 15 is 0 Å². The molecule has 0 radical (unpaired) electrons. The van der Waals surface area contributed by atoms with Crippen molar-refractivity contribution in [2.75, 3.05) is 6.26 Å². The Balaban J connectivity index is 3.19. The van der Waals surface area contributed by atoms with Gasteiger partial charge in [-0.25, -0.2) is 18.2 Å². The van der Waals surface area contributed by atoms with Gasteiger partial charge in [0.25, 0.3) is 0 Å². The van der Waals surface area contributed by atoms with Gasteiger partial charge < -0.3 is 0 Å². The zero-order valence-electron chi connectivity index (χ0n) is 8.09. The number of thioether (sulfide) groups is 1. The maximum Gasteiger partial charge on any atom is 0.183 e. The first-order valence-electron chi connectivity index (χ1n) is 4.00. The van der Waals surface area contributed by atoms with Crippen molar-refractivity contribution in [3.8, 4) is 6.19 Å². The van der Waals surface area contributed by atoms with Crippen molar-refractivity contribution in [2.24, 2.45) is 4.99 Å². The van der Waals surface area contributed by atoms with Gasteiger partial charge in [0.1, 0.15) is 11.5 Å². The molecule has 0 aliphatic heterocycles. The van der Waals surface area contributed by atoms with Gasteiger partial charge in [0.15, 0.2) is 23.0 Å². The summed E-state index contributed by atoms with van der Waals surface area (Å²) >= 11 is 1.00. The number of nitrogens with one attached hydrogen (secondary N) is 1. The fraction of sp³-hybridized carbons (Fsp3) is 0.111. The lowest BCUT2D eigenvalue weighted by atomic mass is 10.3. The van der Waals surface area contributed by atoms with E-state index in [0.717, 1.165) is 11.8 Å². The Morgan fingerprint density at radius 1 is 1.38 bits per heavy atom. The van der Waals surface area contributed by atoms with Gasteiger partial charge in [-0.15, -0.1) is 0 Å². The predicted molar refractivity (Wildman–Crippen MR) is 55.7 cm³/mol. The van der Waals surface area contributed by atoms with Crippen LogP contribution in [0.1, 0.15) is 0 Å². The van der Waals surface area contributed by atoms with Crippen molar-refractivity contribution in [1.29, 1.82) is 5.26 Å². The number of rotatable bonds is 1. The number of hydrogen-bond acceptors (Lipinski definition) is 3. The smallest absolute Gasteiger partial charge is 0.183 e. The molecule has 1 N–H and O–H groups in total. The third kappa shape index (κ3) is 2.90. The Morgan fingerprint density at radius 3 is 2.38 bits per heavy atom. The molecule has 0 heterocycles.